The zero-order chi connectivity index (χ0) is 22.8. The number of benzene rings is 3. The predicted octanol–water partition coefficient (Wildman–Crippen LogP) is 7.26. The van der Waals surface area contributed by atoms with Crippen molar-refractivity contribution in [3.63, 3.8) is 0 Å². The smallest absolute Gasteiger partial charge is 0.231 e. The highest BCUT2D eigenvalue weighted by molar-refractivity contribution is 6.11. The molecular weight excluding hydrogens is 430 g/mol. The minimum absolute atomic E-state index is 0. The quantitative estimate of drug-likeness (QED) is 0.287. The lowest BCUT2D eigenvalue weighted by Crippen LogP contribution is -2.30. The number of amides is 1. The van der Waals surface area contributed by atoms with E-state index in [0.717, 1.165) is 47.6 Å². The van der Waals surface area contributed by atoms with Gasteiger partial charge in [-0.25, -0.2) is 4.98 Å². The van der Waals surface area contributed by atoms with E-state index < -0.39 is 0 Å². The van der Waals surface area contributed by atoms with Crippen molar-refractivity contribution >= 4 is 28.3 Å². The molecule has 3 aromatic carbocycles. The Morgan fingerprint density at radius 2 is 1.37 bits per heavy atom. The van der Waals surface area contributed by atoms with E-state index in [0.29, 0.717) is 12.3 Å². The van der Waals surface area contributed by atoms with Crippen molar-refractivity contribution in [2.24, 2.45) is 5.92 Å². The summed E-state index contributed by atoms with van der Waals surface area (Å²) in [5, 5.41) is 1.06. The maximum Gasteiger partial charge on any atom is 0.231 e. The summed E-state index contributed by atoms with van der Waals surface area (Å²) < 4.78 is 0. The van der Waals surface area contributed by atoms with E-state index in [2.05, 4.69) is 79.4 Å². The van der Waals surface area contributed by atoms with Crippen molar-refractivity contribution < 1.29 is 4.79 Å². The van der Waals surface area contributed by atoms with Crippen LogP contribution in [0.2, 0.25) is 0 Å². The number of carbonyl (C=O) groups is 1. The van der Waals surface area contributed by atoms with Gasteiger partial charge < -0.3 is 9.80 Å². The Morgan fingerprint density at radius 3 is 1.94 bits per heavy atom. The highest BCUT2D eigenvalue weighted by Crippen LogP contribution is 2.41. The van der Waals surface area contributed by atoms with Crippen LogP contribution in [0.3, 0.4) is 0 Å². The summed E-state index contributed by atoms with van der Waals surface area (Å²) in [6, 6.07) is 29.2. The molecule has 0 bridgehead atoms. The van der Waals surface area contributed by atoms with Crippen molar-refractivity contribution in [2.45, 2.75) is 48.2 Å². The molecule has 0 saturated carbocycles. The second-order valence-electron chi connectivity index (χ2n) is 9.18. The van der Waals surface area contributed by atoms with Crippen molar-refractivity contribution in [1.82, 2.24) is 4.98 Å². The standard InChI is InChI=1S/C29H29N3O.2CH4/c1-21(2)18-32-27(33)17-25-28(32)24-15-9-10-16-26(24)30-29(25)31(19-22-11-5-3-6-12-22)20-23-13-7-4-8-14-23;;/h3-16,21H,17-20H2,1-2H3;2*1H4. The maximum absolute atomic E-state index is 13.2. The Morgan fingerprint density at radius 1 is 0.829 bits per heavy atom. The van der Waals surface area contributed by atoms with Crippen LogP contribution in [-0.4, -0.2) is 17.4 Å². The van der Waals surface area contributed by atoms with Crippen LogP contribution in [0.15, 0.2) is 84.9 Å². The summed E-state index contributed by atoms with van der Waals surface area (Å²) in [7, 11) is 0. The molecule has 0 radical (unpaired) electrons. The minimum Gasteiger partial charge on any atom is -0.348 e. The van der Waals surface area contributed by atoms with Gasteiger partial charge in [0.1, 0.15) is 5.82 Å². The normalized spacial score (nSPS) is 12.3. The highest BCUT2D eigenvalue weighted by atomic mass is 16.2. The molecule has 0 saturated heterocycles. The molecular formula is C31H37N3O. The Hall–Kier alpha value is -3.66. The van der Waals surface area contributed by atoms with E-state index in [-0.39, 0.29) is 20.8 Å². The number of fused-ring (bicyclic) bond motifs is 3. The third kappa shape index (κ3) is 5.37. The Bertz CT molecular complexity index is 1230. The molecule has 0 unspecified atom stereocenters. The van der Waals surface area contributed by atoms with Crippen LogP contribution in [0.1, 0.15) is 45.4 Å². The van der Waals surface area contributed by atoms with Gasteiger partial charge in [-0.2, -0.15) is 0 Å². The Balaban J connectivity index is 0.00000171. The molecule has 182 valence electrons. The number of nitrogens with zero attached hydrogens (tertiary/aromatic N) is 3. The average molecular weight is 468 g/mol. The lowest BCUT2D eigenvalue weighted by Gasteiger charge is -2.28. The number of hydrogen-bond acceptors (Lipinski definition) is 3. The fourth-order valence-corrected chi connectivity index (χ4v) is 4.70. The molecule has 4 aromatic rings. The second-order valence-corrected chi connectivity index (χ2v) is 9.18. The number of rotatable bonds is 7. The van der Waals surface area contributed by atoms with Gasteiger partial charge >= 0.3 is 0 Å². The largest absolute Gasteiger partial charge is 0.348 e. The van der Waals surface area contributed by atoms with Gasteiger partial charge in [0.15, 0.2) is 0 Å². The number of para-hydroxylation sites is 1. The fraction of sp³-hybridized carbons (Fsp3) is 0.290. The monoisotopic (exact) mass is 467 g/mol. The molecule has 35 heavy (non-hydrogen) atoms. The second kappa shape index (κ2) is 11.2. The van der Waals surface area contributed by atoms with Gasteiger partial charge in [-0.15, -0.1) is 0 Å². The minimum atomic E-state index is 0. The van der Waals surface area contributed by atoms with Crippen molar-refractivity contribution in [2.75, 3.05) is 16.3 Å². The van der Waals surface area contributed by atoms with E-state index >= 15 is 0 Å². The van der Waals surface area contributed by atoms with Gasteiger partial charge in [0, 0.05) is 30.6 Å². The van der Waals surface area contributed by atoms with Crippen molar-refractivity contribution in [3.8, 4) is 0 Å². The van der Waals surface area contributed by atoms with Gasteiger partial charge in [0.25, 0.3) is 0 Å². The molecule has 1 aliphatic rings. The highest BCUT2D eigenvalue weighted by Gasteiger charge is 2.34. The van der Waals surface area contributed by atoms with Crippen LogP contribution in [0.25, 0.3) is 10.9 Å². The Labute approximate surface area is 210 Å². The van der Waals surface area contributed by atoms with Gasteiger partial charge in [0.2, 0.25) is 5.91 Å². The van der Waals surface area contributed by atoms with Crippen LogP contribution < -0.4 is 9.80 Å². The molecule has 0 spiro atoms. The third-order valence-corrected chi connectivity index (χ3v) is 6.12. The summed E-state index contributed by atoms with van der Waals surface area (Å²) in [4.78, 5) is 22.6. The molecule has 0 N–H and O–H groups in total. The van der Waals surface area contributed by atoms with Crippen LogP contribution in [0.5, 0.6) is 0 Å². The van der Waals surface area contributed by atoms with Crippen LogP contribution in [0, 0.1) is 5.92 Å². The van der Waals surface area contributed by atoms with Gasteiger partial charge in [-0.05, 0) is 23.1 Å². The van der Waals surface area contributed by atoms with Crippen LogP contribution in [-0.2, 0) is 24.3 Å². The van der Waals surface area contributed by atoms with E-state index in [1.54, 1.807) is 0 Å². The van der Waals surface area contributed by atoms with Gasteiger partial charge in [-0.3, -0.25) is 4.79 Å². The first-order valence-corrected chi connectivity index (χ1v) is 11.6. The molecule has 0 fully saturated rings. The number of aromatic nitrogens is 1. The number of hydrogen-bond donors (Lipinski definition) is 0. The average Bonchev–Trinajstić information content (AvgIpc) is 3.15. The molecule has 2 heterocycles. The SMILES string of the molecule is C.C.CC(C)CN1C(=O)Cc2c(N(Cc3ccccc3)Cc3ccccc3)nc3ccccc3c21. The van der Waals surface area contributed by atoms with Crippen LogP contribution >= 0.6 is 0 Å². The molecule has 0 aliphatic carbocycles. The molecule has 1 aliphatic heterocycles. The zero-order valence-electron chi connectivity index (χ0n) is 19.2. The topological polar surface area (TPSA) is 36.4 Å². The van der Waals surface area contributed by atoms with Gasteiger partial charge in [0.05, 0.1) is 17.6 Å². The summed E-state index contributed by atoms with van der Waals surface area (Å²) in [6.45, 7) is 6.49. The van der Waals surface area contributed by atoms with E-state index in [1.165, 1.54) is 11.1 Å². The van der Waals surface area contributed by atoms with Gasteiger partial charge in [-0.1, -0.05) is 108 Å². The number of anilines is 2. The maximum atomic E-state index is 13.2. The fourth-order valence-electron chi connectivity index (χ4n) is 4.70. The summed E-state index contributed by atoms with van der Waals surface area (Å²) in [5.74, 6) is 1.47. The van der Waals surface area contributed by atoms with E-state index in [4.69, 9.17) is 4.98 Å². The van der Waals surface area contributed by atoms with E-state index in [1.807, 2.05) is 29.2 Å². The molecule has 5 rings (SSSR count). The first kappa shape index (κ1) is 26.0. The third-order valence-electron chi connectivity index (χ3n) is 6.12. The number of carbonyl (C=O) groups excluding carboxylic acids is 1. The lowest BCUT2D eigenvalue weighted by atomic mass is 10.1. The molecule has 4 heteroatoms. The summed E-state index contributed by atoms with van der Waals surface area (Å²) in [5.41, 5.74) is 5.47. The Kier molecular flexibility index (Phi) is 8.29. The molecule has 1 amide bonds. The molecule has 1 aromatic heterocycles. The lowest BCUT2D eigenvalue weighted by molar-refractivity contribution is -0.117. The van der Waals surface area contributed by atoms with Crippen LogP contribution in [0.4, 0.5) is 11.5 Å². The summed E-state index contributed by atoms with van der Waals surface area (Å²) >= 11 is 0. The summed E-state index contributed by atoms with van der Waals surface area (Å²) in [6.07, 6.45) is 0.398. The molecule has 0 atom stereocenters. The zero-order valence-corrected chi connectivity index (χ0v) is 19.2. The molecule has 4 nitrogen and oxygen atoms in total. The van der Waals surface area contributed by atoms with E-state index in [9.17, 15) is 4.79 Å². The van der Waals surface area contributed by atoms with Crippen molar-refractivity contribution in [1.29, 1.82) is 0 Å². The number of pyridine rings is 1. The van der Waals surface area contributed by atoms with Crippen molar-refractivity contribution in [3.05, 3.63) is 102 Å². The first-order chi connectivity index (χ1) is 16.1. The predicted molar refractivity (Wildman–Crippen MR) is 149 cm³/mol. The first-order valence-electron chi connectivity index (χ1n) is 11.6.